The molecule has 1 aromatic rings. The van der Waals surface area contributed by atoms with E-state index in [4.69, 9.17) is 0 Å². The molecule has 0 saturated carbocycles. The first-order valence-electron chi connectivity index (χ1n) is 8.20. The Hall–Kier alpha value is -1.17. The predicted molar refractivity (Wildman–Crippen MR) is 87.2 cm³/mol. The maximum Gasteiger partial charge on any atom is 0.243 e. The third-order valence-corrected chi connectivity index (χ3v) is 6.68. The summed E-state index contributed by atoms with van der Waals surface area (Å²) in [5.41, 5.74) is 0. The van der Waals surface area contributed by atoms with Crippen LogP contribution >= 0.6 is 0 Å². The monoisotopic (exact) mass is 321 g/mol. The van der Waals surface area contributed by atoms with Crippen LogP contribution in [0.5, 0.6) is 0 Å². The normalized spacial score (nSPS) is 24.5. The van der Waals surface area contributed by atoms with E-state index in [-0.39, 0.29) is 0 Å². The summed E-state index contributed by atoms with van der Waals surface area (Å²) in [5, 5.41) is 0. The van der Waals surface area contributed by atoms with Crippen molar-refractivity contribution in [3.63, 3.8) is 0 Å². The van der Waals surface area contributed by atoms with Crippen molar-refractivity contribution in [2.75, 3.05) is 32.7 Å². The van der Waals surface area contributed by atoms with E-state index in [0.717, 1.165) is 19.0 Å². The van der Waals surface area contributed by atoms with Crippen molar-refractivity contribution in [2.24, 2.45) is 5.92 Å². The molecule has 120 valence electrons. The molecular weight excluding hydrogens is 296 g/mol. The second kappa shape index (κ2) is 6.94. The molecule has 0 amide bonds. The van der Waals surface area contributed by atoms with Gasteiger partial charge in [0.25, 0.3) is 0 Å². The molecule has 2 aliphatic rings. The minimum absolute atomic E-state index is 0.413. The van der Waals surface area contributed by atoms with E-state index in [9.17, 15) is 8.42 Å². The average Bonchev–Trinajstić information content (AvgIpc) is 2.57. The minimum atomic E-state index is -3.31. The lowest BCUT2D eigenvalue weighted by atomic mass is 9.94. The first kappa shape index (κ1) is 15.7. The molecule has 0 unspecified atom stereocenters. The van der Waals surface area contributed by atoms with Crippen LogP contribution in [0.2, 0.25) is 0 Å². The number of quaternary nitrogens is 1. The molecule has 22 heavy (non-hydrogen) atoms. The first-order chi connectivity index (χ1) is 10.7. The standard InChI is InChI=1S/C17H24N2O2S/c20-22(21,17-9-5-2-6-10-17)19-13-11-18(12-14-19)15-16-7-3-1-4-8-16/h1-3,5-6,9-10,16H,4,7-8,11-15H2/p+1/t16-/m1/s1. The summed E-state index contributed by atoms with van der Waals surface area (Å²) in [6.45, 7) is 4.30. The van der Waals surface area contributed by atoms with Crippen LogP contribution < -0.4 is 4.90 Å². The van der Waals surface area contributed by atoms with E-state index in [0.29, 0.717) is 18.0 Å². The van der Waals surface area contributed by atoms with E-state index in [1.165, 1.54) is 25.8 Å². The topological polar surface area (TPSA) is 41.8 Å². The largest absolute Gasteiger partial charge is 0.333 e. The second-order valence-electron chi connectivity index (χ2n) is 6.32. The summed E-state index contributed by atoms with van der Waals surface area (Å²) >= 11 is 0. The zero-order valence-corrected chi connectivity index (χ0v) is 13.8. The fraction of sp³-hybridized carbons (Fsp3) is 0.529. The van der Waals surface area contributed by atoms with Crippen LogP contribution in [0.25, 0.3) is 0 Å². The van der Waals surface area contributed by atoms with Gasteiger partial charge < -0.3 is 4.90 Å². The Balaban J connectivity index is 1.56. The van der Waals surface area contributed by atoms with Crippen molar-refractivity contribution in [1.82, 2.24) is 4.31 Å². The van der Waals surface area contributed by atoms with Gasteiger partial charge in [0, 0.05) is 5.92 Å². The molecule has 1 aromatic carbocycles. The summed E-state index contributed by atoms with van der Waals surface area (Å²) in [6.07, 6.45) is 8.24. The van der Waals surface area contributed by atoms with Gasteiger partial charge in [-0.1, -0.05) is 30.4 Å². The molecule has 1 saturated heterocycles. The summed E-state index contributed by atoms with van der Waals surface area (Å²) in [7, 11) is -3.31. The average molecular weight is 321 g/mol. The Bertz CT molecular complexity index is 605. The Morgan fingerprint density at radius 1 is 1.09 bits per heavy atom. The van der Waals surface area contributed by atoms with Crippen LogP contribution in [0.3, 0.4) is 0 Å². The van der Waals surface area contributed by atoms with Crippen molar-refractivity contribution in [3.05, 3.63) is 42.5 Å². The maximum atomic E-state index is 12.6. The highest BCUT2D eigenvalue weighted by Crippen LogP contribution is 2.17. The highest BCUT2D eigenvalue weighted by molar-refractivity contribution is 7.89. The SMILES string of the molecule is O=S(=O)(c1ccccc1)N1CC[NH+](C[C@@H]2CC=CCC2)CC1. The fourth-order valence-corrected chi connectivity index (χ4v) is 4.90. The van der Waals surface area contributed by atoms with Gasteiger partial charge >= 0.3 is 0 Å². The number of nitrogens with zero attached hydrogens (tertiary/aromatic N) is 1. The van der Waals surface area contributed by atoms with Crippen molar-refractivity contribution in [2.45, 2.75) is 24.2 Å². The number of sulfonamides is 1. The summed E-state index contributed by atoms with van der Waals surface area (Å²) < 4.78 is 26.8. The third kappa shape index (κ3) is 3.59. The molecule has 0 aromatic heterocycles. The van der Waals surface area contributed by atoms with Crippen molar-refractivity contribution >= 4 is 10.0 Å². The molecule has 1 fully saturated rings. The lowest BCUT2D eigenvalue weighted by Gasteiger charge is -2.33. The predicted octanol–water partition coefficient (Wildman–Crippen LogP) is 0.932. The number of piperazine rings is 1. The van der Waals surface area contributed by atoms with E-state index in [2.05, 4.69) is 12.2 Å². The lowest BCUT2D eigenvalue weighted by Crippen LogP contribution is -3.15. The number of hydrogen-bond acceptors (Lipinski definition) is 2. The molecule has 1 aliphatic carbocycles. The highest BCUT2D eigenvalue weighted by Gasteiger charge is 2.31. The van der Waals surface area contributed by atoms with Gasteiger partial charge in [0.05, 0.1) is 37.6 Å². The van der Waals surface area contributed by atoms with E-state index in [1.807, 2.05) is 6.07 Å². The van der Waals surface area contributed by atoms with Crippen molar-refractivity contribution < 1.29 is 13.3 Å². The van der Waals surface area contributed by atoms with Gasteiger partial charge in [0.15, 0.2) is 0 Å². The second-order valence-corrected chi connectivity index (χ2v) is 8.26. The third-order valence-electron chi connectivity index (χ3n) is 4.77. The van der Waals surface area contributed by atoms with Crippen LogP contribution in [0, 0.1) is 5.92 Å². The zero-order chi connectivity index (χ0) is 15.4. The van der Waals surface area contributed by atoms with E-state index >= 15 is 0 Å². The lowest BCUT2D eigenvalue weighted by molar-refractivity contribution is -0.907. The van der Waals surface area contributed by atoms with Gasteiger partial charge in [-0.15, -0.1) is 0 Å². The van der Waals surface area contributed by atoms with Crippen LogP contribution in [-0.2, 0) is 10.0 Å². The molecule has 4 nitrogen and oxygen atoms in total. The Morgan fingerprint density at radius 2 is 1.82 bits per heavy atom. The molecule has 1 atom stereocenters. The molecule has 3 rings (SSSR count). The molecule has 1 aliphatic heterocycles. The van der Waals surface area contributed by atoms with Crippen molar-refractivity contribution in [1.29, 1.82) is 0 Å². The van der Waals surface area contributed by atoms with Crippen LogP contribution in [0.15, 0.2) is 47.4 Å². The maximum absolute atomic E-state index is 12.6. The number of allylic oxidation sites excluding steroid dienone is 2. The fourth-order valence-electron chi connectivity index (χ4n) is 3.44. The highest BCUT2D eigenvalue weighted by atomic mass is 32.2. The number of nitrogens with one attached hydrogen (secondary N) is 1. The van der Waals surface area contributed by atoms with Crippen LogP contribution in [-0.4, -0.2) is 45.4 Å². The molecule has 1 heterocycles. The van der Waals surface area contributed by atoms with Gasteiger partial charge in [0.2, 0.25) is 10.0 Å². The first-order valence-corrected chi connectivity index (χ1v) is 9.64. The molecule has 0 bridgehead atoms. The number of rotatable bonds is 4. The summed E-state index contributed by atoms with van der Waals surface area (Å²) in [5.74, 6) is 0.775. The molecular formula is C17H25N2O2S+. The summed E-state index contributed by atoms with van der Waals surface area (Å²) in [4.78, 5) is 1.97. The van der Waals surface area contributed by atoms with Crippen LogP contribution in [0.1, 0.15) is 19.3 Å². The molecule has 0 radical (unpaired) electrons. The quantitative estimate of drug-likeness (QED) is 0.839. The number of hydrogen-bond donors (Lipinski definition) is 1. The molecule has 0 spiro atoms. The van der Waals surface area contributed by atoms with Crippen molar-refractivity contribution in [3.8, 4) is 0 Å². The van der Waals surface area contributed by atoms with Gasteiger partial charge in [-0.25, -0.2) is 8.42 Å². The Labute approximate surface area is 133 Å². The van der Waals surface area contributed by atoms with E-state index in [1.54, 1.807) is 33.5 Å². The zero-order valence-electron chi connectivity index (χ0n) is 12.9. The van der Waals surface area contributed by atoms with E-state index < -0.39 is 10.0 Å². The molecule has 5 heteroatoms. The van der Waals surface area contributed by atoms with Crippen LogP contribution in [0.4, 0.5) is 0 Å². The Kier molecular flexibility index (Phi) is 4.96. The van der Waals surface area contributed by atoms with Gasteiger partial charge in [-0.05, 0) is 31.4 Å². The smallest absolute Gasteiger partial charge is 0.243 e. The van der Waals surface area contributed by atoms with Gasteiger partial charge in [-0.2, -0.15) is 4.31 Å². The van der Waals surface area contributed by atoms with Gasteiger partial charge in [0.1, 0.15) is 0 Å². The minimum Gasteiger partial charge on any atom is -0.333 e. The van der Waals surface area contributed by atoms with Gasteiger partial charge in [-0.3, -0.25) is 0 Å². The number of benzene rings is 1. The molecule has 1 N–H and O–H groups in total. The Morgan fingerprint density at radius 3 is 2.45 bits per heavy atom. The summed E-state index contributed by atoms with van der Waals surface area (Å²) in [6, 6.07) is 8.78.